The number of benzene rings is 2. The van der Waals surface area contributed by atoms with E-state index in [0.29, 0.717) is 5.39 Å². The second-order valence-corrected chi connectivity index (χ2v) is 7.50. The molecule has 158 valence electrons. The Morgan fingerprint density at radius 3 is 2.29 bits per heavy atom. The Morgan fingerprint density at radius 1 is 0.935 bits per heavy atom. The van der Waals surface area contributed by atoms with E-state index in [0.717, 1.165) is 11.5 Å². The summed E-state index contributed by atoms with van der Waals surface area (Å²) in [5.41, 5.74) is -2.62. The van der Waals surface area contributed by atoms with Crippen molar-refractivity contribution < 1.29 is 27.5 Å². The van der Waals surface area contributed by atoms with Crippen molar-refractivity contribution in [3.8, 4) is 0 Å². The van der Waals surface area contributed by atoms with E-state index in [1.807, 2.05) is 0 Å². The molecule has 9 heteroatoms. The van der Waals surface area contributed by atoms with Crippen LogP contribution in [0.3, 0.4) is 0 Å². The number of hydrogen-bond acceptors (Lipinski definition) is 3. The standard InChI is InChI=1S/C22H12Cl2F3NO3/c1-31-21(30)18-17(19(29)13-8-7-12(23)10-14(13)24)16-9-6-11-4-2-3-5-15(11)28(16)20(18)22(25,26)27/h2-10H,1H3. The summed E-state index contributed by atoms with van der Waals surface area (Å²) < 4.78 is 48.2. The molecule has 0 bridgehead atoms. The molecule has 0 N–H and O–H groups in total. The highest BCUT2D eigenvalue weighted by Crippen LogP contribution is 2.40. The third-order valence-corrected chi connectivity index (χ3v) is 5.41. The number of pyridine rings is 1. The number of ether oxygens (including phenoxy) is 1. The van der Waals surface area contributed by atoms with Crippen molar-refractivity contribution in [2.24, 2.45) is 0 Å². The number of rotatable bonds is 3. The topological polar surface area (TPSA) is 47.8 Å². The van der Waals surface area contributed by atoms with Gasteiger partial charge >= 0.3 is 12.1 Å². The van der Waals surface area contributed by atoms with Crippen molar-refractivity contribution >= 4 is 51.4 Å². The lowest BCUT2D eigenvalue weighted by atomic mass is 9.99. The van der Waals surface area contributed by atoms with Crippen LogP contribution in [-0.2, 0) is 10.9 Å². The Kier molecular flexibility index (Phi) is 5.19. The van der Waals surface area contributed by atoms with E-state index in [2.05, 4.69) is 4.74 Å². The van der Waals surface area contributed by atoms with Gasteiger partial charge in [0.2, 0.25) is 0 Å². The number of alkyl halides is 3. The zero-order valence-electron chi connectivity index (χ0n) is 15.8. The van der Waals surface area contributed by atoms with Crippen molar-refractivity contribution in [1.82, 2.24) is 4.40 Å². The number of para-hydroxylation sites is 1. The van der Waals surface area contributed by atoms with Crippen molar-refractivity contribution in [3.63, 3.8) is 0 Å². The number of fused-ring (bicyclic) bond motifs is 3. The van der Waals surface area contributed by atoms with Crippen LogP contribution in [0.25, 0.3) is 16.4 Å². The Bertz CT molecular complexity index is 1380. The number of halogens is 5. The second-order valence-electron chi connectivity index (χ2n) is 6.65. The van der Waals surface area contributed by atoms with Crippen molar-refractivity contribution in [1.29, 1.82) is 0 Å². The van der Waals surface area contributed by atoms with E-state index in [4.69, 9.17) is 23.2 Å². The van der Waals surface area contributed by atoms with Crippen LogP contribution < -0.4 is 0 Å². The minimum absolute atomic E-state index is 0.0537. The summed E-state index contributed by atoms with van der Waals surface area (Å²) in [4.78, 5) is 25.9. The molecule has 31 heavy (non-hydrogen) atoms. The molecule has 0 atom stereocenters. The first-order chi connectivity index (χ1) is 14.6. The summed E-state index contributed by atoms with van der Waals surface area (Å²) in [6.07, 6.45) is -4.96. The highest BCUT2D eigenvalue weighted by molar-refractivity contribution is 6.38. The Balaban J connectivity index is 2.20. The van der Waals surface area contributed by atoms with E-state index < -0.39 is 34.7 Å². The fourth-order valence-corrected chi connectivity index (χ4v) is 4.10. The van der Waals surface area contributed by atoms with Crippen molar-refractivity contribution in [3.05, 3.63) is 87.0 Å². The molecule has 4 nitrogen and oxygen atoms in total. The number of carbonyl (C=O) groups is 2. The predicted octanol–water partition coefficient (Wildman–Crippen LogP) is 6.44. The van der Waals surface area contributed by atoms with Crippen LogP contribution in [0.15, 0.2) is 54.6 Å². The van der Waals surface area contributed by atoms with Crippen LogP contribution >= 0.6 is 23.2 Å². The molecule has 0 amide bonds. The average Bonchev–Trinajstić information content (AvgIpc) is 3.09. The highest BCUT2D eigenvalue weighted by Gasteiger charge is 2.43. The van der Waals surface area contributed by atoms with Gasteiger partial charge in [0, 0.05) is 10.6 Å². The maximum atomic E-state index is 14.2. The molecule has 4 aromatic rings. The molecule has 2 heterocycles. The smallest absolute Gasteiger partial charge is 0.432 e. The van der Waals surface area contributed by atoms with Gasteiger partial charge in [-0.15, -0.1) is 0 Å². The number of nitrogens with zero attached hydrogens (tertiary/aromatic N) is 1. The molecule has 0 unspecified atom stereocenters. The van der Waals surface area contributed by atoms with E-state index in [-0.39, 0.29) is 26.6 Å². The van der Waals surface area contributed by atoms with Crippen LogP contribution in [-0.4, -0.2) is 23.3 Å². The molecule has 0 aliphatic carbocycles. The van der Waals surface area contributed by atoms with Gasteiger partial charge in [-0.2, -0.15) is 13.2 Å². The summed E-state index contributed by atoms with van der Waals surface area (Å²) in [6, 6.07) is 13.3. The van der Waals surface area contributed by atoms with E-state index >= 15 is 0 Å². The maximum absolute atomic E-state index is 14.2. The minimum Gasteiger partial charge on any atom is -0.465 e. The predicted molar refractivity (Wildman–Crippen MR) is 111 cm³/mol. The molecular formula is C22H12Cl2F3NO3. The van der Waals surface area contributed by atoms with Gasteiger partial charge in [-0.25, -0.2) is 4.79 Å². The van der Waals surface area contributed by atoms with Gasteiger partial charge in [0.15, 0.2) is 5.78 Å². The fourth-order valence-electron chi connectivity index (χ4n) is 3.61. The first-order valence-corrected chi connectivity index (χ1v) is 9.62. The van der Waals surface area contributed by atoms with Crippen LogP contribution in [0.4, 0.5) is 13.2 Å². The number of aromatic nitrogens is 1. The van der Waals surface area contributed by atoms with Crippen LogP contribution in [0, 0.1) is 0 Å². The van der Waals surface area contributed by atoms with Gasteiger partial charge in [-0.1, -0.05) is 47.5 Å². The molecule has 0 aliphatic rings. The van der Waals surface area contributed by atoms with Gasteiger partial charge in [0.25, 0.3) is 0 Å². The van der Waals surface area contributed by atoms with Gasteiger partial charge in [0.1, 0.15) is 11.3 Å². The van der Waals surface area contributed by atoms with Gasteiger partial charge in [-0.3, -0.25) is 4.79 Å². The molecule has 0 fully saturated rings. The van der Waals surface area contributed by atoms with E-state index in [1.54, 1.807) is 24.3 Å². The second kappa shape index (κ2) is 7.59. The van der Waals surface area contributed by atoms with Crippen LogP contribution in [0.1, 0.15) is 32.0 Å². The number of esters is 1. The largest absolute Gasteiger partial charge is 0.465 e. The van der Waals surface area contributed by atoms with E-state index in [1.165, 1.54) is 30.3 Å². The summed E-state index contributed by atoms with van der Waals surface area (Å²) in [5.74, 6) is -2.14. The third kappa shape index (κ3) is 3.43. The molecule has 4 rings (SSSR count). The lowest BCUT2D eigenvalue weighted by Gasteiger charge is -2.11. The minimum atomic E-state index is -4.96. The Hall–Kier alpha value is -3.03. The third-order valence-electron chi connectivity index (χ3n) is 4.87. The quantitative estimate of drug-likeness (QED) is 0.258. The number of hydrogen-bond donors (Lipinski definition) is 0. The summed E-state index contributed by atoms with van der Waals surface area (Å²) in [5, 5.41) is 0.691. The first kappa shape index (κ1) is 21.2. The number of methoxy groups -OCH3 is 1. The Labute approximate surface area is 183 Å². The molecular weight excluding hydrogens is 454 g/mol. The van der Waals surface area contributed by atoms with Crippen molar-refractivity contribution in [2.75, 3.05) is 7.11 Å². The molecule has 0 spiro atoms. The molecule has 0 saturated heterocycles. The lowest BCUT2D eigenvalue weighted by molar-refractivity contribution is -0.142. The molecule has 0 aliphatic heterocycles. The average molecular weight is 466 g/mol. The monoisotopic (exact) mass is 465 g/mol. The highest BCUT2D eigenvalue weighted by atomic mass is 35.5. The summed E-state index contributed by atoms with van der Waals surface area (Å²) >= 11 is 12.0. The summed E-state index contributed by atoms with van der Waals surface area (Å²) in [7, 11) is 0.951. The normalized spacial score (nSPS) is 11.8. The van der Waals surface area contributed by atoms with Gasteiger partial charge in [0.05, 0.1) is 28.7 Å². The summed E-state index contributed by atoms with van der Waals surface area (Å²) in [6.45, 7) is 0. The molecule has 2 aromatic carbocycles. The number of ketones is 1. The zero-order chi connectivity index (χ0) is 22.5. The molecule has 2 aromatic heterocycles. The first-order valence-electron chi connectivity index (χ1n) is 8.86. The zero-order valence-corrected chi connectivity index (χ0v) is 17.3. The van der Waals surface area contributed by atoms with Gasteiger partial charge < -0.3 is 9.14 Å². The van der Waals surface area contributed by atoms with Crippen molar-refractivity contribution in [2.45, 2.75) is 6.18 Å². The van der Waals surface area contributed by atoms with E-state index in [9.17, 15) is 22.8 Å². The molecule has 0 radical (unpaired) electrons. The van der Waals surface area contributed by atoms with Gasteiger partial charge in [-0.05, 0) is 35.7 Å². The van der Waals surface area contributed by atoms with Crippen LogP contribution in [0.5, 0.6) is 0 Å². The van der Waals surface area contributed by atoms with Crippen LogP contribution in [0.2, 0.25) is 10.0 Å². The number of carbonyl (C=O) groups excluding carboxylic acids is 2. The maximum Gasteiger partial charge on any atom is 0.432 e. The SMILES string of the molecule is COC(=O)c1c(C(=O)c2ccc(Cl)cc2Cl)c2ccc3ccccc3n2c1C(F)(F)F. The lowest BCUT2D eigenvalue weighted by Crippen LogP contribution is -2.17. The fraction of sp³-hybridized carbons (Fsp3) is 0.0909. The molecule has 0 saturated carbocycles. The Morgan fingerprint density at radius 2 is 1.65 bits per heavy atom.